The average Bonchev–Trinajstić information content (AvgIpc) is 2.55. The molecule has 1 amide bonds. The van der Waals surface area contributed by atoms with Crippen molar-refractivity contribution in [3.05, 3.63) is 53.1 Å². The van der Waals surface area contributed by atoms with Crippen LogP contribution in [0.1, 0.15) is 12.0 Å². The molecule has 0 aromatic heterocycles. The number of nitrogens with one attached hydrogen (secondary N) is 2. The fourth-order valence-electron chi connectivity index (χ4n) is 1.99. The molecule has 2 rings (SSSR count). The van der Waals surface area contributed by atoms with Crippen LogP contribution in [0.4, 0.5) is 11.4 Å². The van der Waals surface area contributed by atoms with Crippen molar-refractivity contribution in [3.63, 3.8) is 0 Å². The molecule has 0 unspecified atom stereocenters. The van der Waals surface area contributed by atoms with E-state index in [1.807, 2.05) is 6.07 Å². The van der Waals surface area contributed by atoms with Crippen molar-refractivity contribution in [2.75, 3.05) is 24.3 Å². The van der Waals surface area contributed by atoms with Crippen molar-refractivity contribution in [3.8, 4) is 11.8 Å². The molecule has 0 radical (unpaired) electrons. The van der Waals surface area contributed by atoms with Crippen LogP contribution in [0.25, 0.3) is 0 Å². The van der Waals surface area contributed by atoms with Gasteiger partial charge in [-0.3, -0.25) is 4.79 Å². The Bertz CT molecular complexity index is 741. The third kappa shape index (κ3) is 4.90. The minimum absolute atomic E-state index is 0.129. The third-order valence-electron chi connectivity index (χ3n) is 3.11. The maximum Gasteiger partial charge on any atom is 0.226 e. The number of halogens is 1. The van der Waals surface area contributed by atoms with E-state index in [4.69, 9.17) is 21.6 Å². The van der Waals surface area contributed by atoms with Gasteiger partial charge in [-0.2, -0.15) is 5.26 Å². The Hall–Kier alpha value is -2.71. The number of amides is 1. The van der Waals surface area contributed by atoms with Gasteiger partial charge in [0.2, 0.25) is 5.91 Å². The molecule has 0 atom stereocenters. The second-order valence-corrected chi connectivity index (χ2v) is 5.17. The number of carbonyl (C=O) groups excluding carboxylic acids is 1. The monoisotopic (exact) mass is 329 g/mol. The van der Waals surface area contributed by atoms with E-state index >= 15 is 0 Å². The standard InChI is InChI=1S/C17H16ClN3O2/c1-23-16-6-5-14(10-15(16)18)21-17(22)7-8-20-13-4-2-3-12(9-13)11-19/h2-6,9-10,20H,7-8H2,1H3,(H,21,22). The first kappa shape index (κ1) is 16.7. The van der Waals surface area contributed by atoms with Gasteiger partial charge in [-0.05, 0) is 36.4 Å². The van der Waals surface area contributed by atoms with Crippen molar-refractivity contribution in [1.82, 2.24) is 0 Å². The summed E-state index contributed by atoms with van der Waals surface area (Å²) in [7, 11) is 1.53. The molecule has 6 heteroatoms. The molecule has 0 spiro atoms. The summed E-state index contributed by atoms with van der Waals surface area (Å²) >= 11 is 6.01. The van der Waals surface area contributed by atoms with E-state index in [1.54, 1.807) is 36.4 Å². The molecule has 0 heterocycles. The summed E-state index contributed by atoms with van der Waals surface area (Å²) in [4.78, 5) is 11.9. The van der Waals surface area contributed by atoms with Gasteiger partial charge in [0, 0.05) is 24.3 Å². The number of anilines is 2. The first-order valence-electron chi connectivity index (χ1n) is 7.00. The fourth-order valence-corrected chi connectivity index (χ4v) is 2.24. The molecular weight excluding hydrogens is 314 g/mol. The van der Waals surface area contributed by atoms with E-state index in [1.165, 1.54) is 7.11 Å². The van der Waals surface area contributed by atoms with Gasteiger partial charge in [0.05, 0.1) is 23.8 Å². The average molecular weight is 330 g/mol. The number of hydrogen-bond donors (Lipinski definition) is 2. The van der Waals surface area contributed by atoms with Crippen molar-refractivity contribution in [2.45, 2.75) is 6.42 Å². The van der Waals surface area contributed by atoms with E-state index in [0.717, 1.165) is 5.69 Å². The molecule has 0 aliphatic carbocycles. The smallest absolute Gasteiger partial charge is 0.226 e. The molecule has 2 aromatic rings. The number of nitrogens with zero attached hydrogens (tertiary/aromatic N) is 1. The summed E-state index contributed by atoms with van der Waals surface area (Å²) in [5, 5.41) is 15.2. The lowest BCUT2D eigenvalue weighted by Crippen LogP contribution is -2.16. The van der Waals surface area contributed by atoms with Gasteiger partial charge in [-0.15, -0.1) is 0 Å². The van der Waals surface area contributed by atoms with Gasteiger partial charge in [0.1, 0.15) is 5.75 Å². The van der Waals surface area contributed by atoms with Gasteiger partial charge >= 0.3 is 0 Å². The number of hydrogen-bond acceptors (Lipinski definition) is 4. The Morgan fingerprint density at radius 1 is 1.26 bits per heavy atom. The summed E-state index contributed by atoms with van der Waals surface area (Å²) in [6.45, 7) is 0.463. The summed E-state index contributed by atoms with van der Waals surface area (Å²) in [5.74, 6) is 0.430. The van der Waals surface area contributed by atoms with Gasteiger partial charge in [-0.25, -0.2) is 0 Å². The zero-order valence-electron chi connectivity index (χ0n) is 12.6. The molecule has 0 saturated carbocycles. The van der Waals surface area contributed by atoms with Gasteiger partial charge in [0.15, 0.2) is 0 Å². The molecular formula is C17H16ClN3O2. The highest BCUT2D eigenvalue weighted by atomic mass is 35.5. The van der Waals surface area contributed by atoms with Crippen LogP contribution in [0.15, 0.2) is 42.5 Å². The van der Waals surface area contributed by atoms with Crippen molar-refractivity contribution >= 4 is 28.9 Å². The first-order valence-corrected chi connectivity index (χ1v) is 7.37. The highest BCUT2D eigenvalue weighted by molar-refractivity contribution is 6.32. The quantitative estimate of drug-likeness (QED) is 0.848. The van der Waals surface area contributed by atoms with Crippen molar-refractivity contribution in [2.24, 2.45) is 0 Å². The lowest BCUT2D eigenvalue weighted by atomic mass is 10.2. The zero-order valence-corrected chi connectivity index (χ0v) is 13.4. The summed E-state index contributed by atoms with van der Waals surface area (Å²) in [5.41, 5.74) is 2.00. The van der Waals surface area contributed by atoms with E-state index in [2.05, 4.69) is 16.7 Å². The minimum Gasteiger partial charge on any atom is -0.495 e. The van der Waals surface area contributed by atoms with Crippen LogP contribution in [-0.2, 0) is 4.79 Å². The van der Waals surface area contributed by atoms with Gasteiger partial charge in [-0.1, -0.05) is 17.7 Å². The summed E-state index contributed by atoms with van der Waals surface area (Å²) in [6, 6.07) is 14.2. The molecule has 23 heavy (non-hydrogen) atoms. The molecule has 5 nitrogen and oxygen atoms in total. The minimum atomic E-state index is -0.129. The number of methoxy groups -OCH3 is 1. The molecule has 118 valence electrons. The van der Waals surface area contributed by atoms with Crippen LogP contribution in [0.2, 0.25) is 5.02 Å². The zero-order chi connectivity index (χ0) is 16.7. The topological polar surface area (TPSA) is 74.2 Å². The van der Waals surface area contributed by atoms with Crippen LogP contribution in [0.5, 0.6) is 5.75 Å². The number of benzene rings is 2. The van der Waals surface area contributed by atoms with Crippen LogP contribution < -0.4 is 15.4 Å². The molecule has 2 aromatic carbocycles. The number of rotatable bonds is 6. The first-order chi connectivity index (χ1) is 11.1. The Morgan fingerprint density at radius 2 is 2.09 bits per heavy atom. The highest BCUT2D eigenvalue weighted by Gasteiger charge is 2.06. The molecule has 2 N–H and O–H groups in total. The Morgan fingerprint density at radius 3 is 2.78 bits per heavy atom. The Kier molecular flexibility index (Phi) is 5.84. The van der Waals surface area contributed by atoms with Crippen molar-refractivity contribution < 1.29 is 9.53 Å². The maximum atomic E-state index is 11.9. The maximum absolute atomic E-state index is 11.9. The highest BCUT2D eigenvalue weighted by Crippen LogP contribution is 2.27. The van der Waals surface area contributed by atoms with E-state index in [-0.39, 0.29) is 5.91 Å². The largest absolute Gasteiger partial charge is 0.495 e. The number of nitriles is 1. The Labute approximate surface area is 139 Å². The van der Waals surface area contributed by atoms with Gasteiger partial charge in [0.25, 0.3) is 0 Å². The number of carbonyl (C=O) groups is 1. The van der Waals surface area contributed by atoms with Crippen LogP contribution in [-0.4, -0.2) is 19.6 Å². The second-order valence-electron chi connectivity index (χ2n) is 4.77. The van der Waals surface area contributed by atoms with E-state index in [9.17, 15) is 4.79 Å². The summed E-state index contributed by atoms with van der Waals surface area (Å²) in [6.07, 6.45) is 0.292. The molecule has 0 aliphatic rings. The lowest BCUT2D eigenvalue weighted by Gasteiger charge is -2.09. The summed E-state index contributed by atoms with van der Waals surface area (Å²) < 4.78 is 5.06. The molecule has 0 bridgehead atoms. The molecule has 0 saturated heterocycles. The Balaban J connectivity index is 1.83. The van der Waals surface area contributed by atoms with Crippen molar-refractivity contribution in [1.29, 1.82) is 5.26 Å². The molecule has 0 fully saturated rings. The van der Waals surface area contributed by atoms with Crippen LogP contribution in [0.3, 0.4) is 0 Å². The lowest BCUT2D eigenvalue weighted by molar-refractivity contribution is -0.115. The predicted octanol–water partition coefficient (Wildman–Crippen LogP) is 3.66. The predicted molar refractivity (Wildman–Crippen MR) is 90.9 cm³/mol. The molecule has 0 aliphatic heterocycles. The third-order valence-corrected chi connectivity index (χ3v) is 3.40. The van der Waals surface area contributed by atoms with Crippen LogP contribution in [0, 0.1) is 11.3 Å². The van der Waals surface area contributed by atoms with Crippen LogP contribution >= 0.6 is 11.6 Å². The van der Waals surface area contributed by atoms with Gasteiger partial charge < -0.3 is 15.4 Å². The van der Waals surface area contributed by atoms with E-state index < -0.39 is 0 Å². The normalized spacial score (nSPS) is 9.78. The van der Waals surface area contributed by atoms with E-state index in [0.29, 0.717) is 35.0 Å². The number of ether oxygens (including phenoxy) is 1. The fraction of sp³-hybridized carbons (Fsp3) is 0.176. The SMILES string of the molecule is COc1ccc(NC(=O)CCNc2cccc(C#N)c2)cc1Cl. The second kappa shape index (κ2) is 8.06.